The van der Waals surface area contributed by atoms with Crippen molar-refractivity contribution in [2.24, 2.45) is 4.99 Å². The summed E-state index contributed by atoms with van der Waals surface area (Å²) in [5, 5.41) is 0. The van der Waals surface area contributed by atoms with E-state index < -0.39 is 0 Å². The Labute approximate surface area is 71.2 Å². The highest BCUT2D eigenvalue weighted by Crippen LogP contribution is 1.87. The van der Waals surface area contributed by atoms with Crippen molar-refractivity contribution in [3.8, 4) is 0 Å². The van der Waals surface area contributed by atoms with Crippen molar-refractivity contribution in [1.82, 2.24) is 0 Å². The maximum atomic E-state index is 4.26. The molecule has 0 atom stereocenters. The Bertz CT molecular complexity index is 112. The average molecular weight is 155 g/mol. The smallest absolute Gasteiger partial charge is 0.0364 e. The summed E-state index contributed by atoms with van der Waals surface area (Å²) in [6, 6.07) is 0. The average Bonchev–Trinajstić information content (AvgIpc) is 2.08. The van der Waals surface area contributed by atoms with Crippen LogP contribution in [0.25, 0.3) is 0 Å². The fourth-order valence-electron chi connectivity index (χ4n) is 0.678. The Hall–Kier alpha value is -0.590. The van der Waals surface area contributed by atoms with E-state index in [0.29, 0.717) is 0 Å². The van der Waals surface area contributed by atoms with Crippen LogP contribution in [0.5, 0.6) is 0 Å². The van der Waals surface area contributed by atoms with Crippen LogP contribution in [0.2, 0.25) is 0 Å². The Morgan fingerprint density at radius 1 is 1.27 bits per heavy atom. The molecule has 0 aliphatic carbocycles. The van der Waals surface area contributed by atoms with Crippen LogP contribution in [0.4, 0.5) is 0 Å². The molecule has 0 spiro atoms. The summed E-state index contributed by atoms with van der Waals surface area (Å²) in [6.45, 7) is 11.1. The molecule has 0 saturated heterocycles. The highest BCUT2D eigenvalue weighted by Gasteiger charge is 1.84. The minimum Gasteiger partial charge on any atom is -0.290 e. The lowest BCUT2D eigenvalue weighted by Crippen LogP contribution is -1.90. The molecule has 0 rings (SSSR count). The zero-order valence-corrected chi connectivity index (χ0v) is 8.52. The number of rotatable bonds is 3. The Balaban J connectivity index is 0. The monoisotopic (exact) mass is 155 g/mol. The summed E-state index contributed by atoms with van der Waals surface area (Å²) in [7, 11) is 0. The van der Waals surface area contributed by atoms with E-state index in [9.17, 15) is 0 Å². The minimum absolute atomic E-state index is 0.896. The highest BCUT2D eigenvalue weighted by atomic mass is 14.7. The van der Waals surface area contributed by atoms with Gasteiger partial charge in [-0.1, -0.05) is 26.8 Å². The van der Waals surface area contributed by atoms with Crippen LogP contribution in [-0.4, -0.2) is 12.3 Å². The van der Waals surface area contributed by atoms with E-state index >= 15 is 0 Å². The van der Waals surface area contributed by atoms with Crippen molar-refractivity contribution in [1.29, 1.82) is 0 Å². The number of allylic oxidation sites excluding steroid dienone is 2. The van der Waals surface area contributed by atoms with Gasteiger partial charge in [-0.3, -0.25) is 4.99 Å². The second kappa shape index (κ2) is 12.1. The SMILES string of the molecule is C/C=C\C(CC)=NCC.CC. The number of hydrogen-bond donors (Lipinski definition) is 0. The van der Waals surface area contributed by atoms with E-state index in [4.69, 9.17) is 0 Å². The molecule has 1 nitrogen and oxygen atoms in total. The van der Waals surface area contributed by atoms with Crippen molar-refractivity contribution in [3.63, 3.8) is 0 Å². The normalized spacial score (nSPS) is 11.2. The molecule has 0 fully saturated rings. The number of hydrogen-bond acceptors (Lipinski definition) is 1. The summed E-state index contributed by atoms with van der Waals surface area (Å²) >= 11 is 0. The fraction of sp³-hybridized carbons (Fsp3) is 0.700. The Morgan fingerprint density at radius 2 is 1.82 bits per heavy atom. The predicted molar refractivity (Wildman–Crippen MR) is 54.4 cm³/mol. The number of aliphatic imine (C=N–C) groups is 1. The summed E-state index contributed by atoms with van der Waals surface area (Å²) in [4.78, 5) is 4.26. The van der Waals surface area contributed by atoms with Gasteiger partial charge < -0.3 is 0 Å². The lowest BCUT2D eigenvalue weighted by molar-refractivity contribution is 1.10. The summed E-state index contributed by atoms with van der Waals surface area (Å²) in [5.74, 6) is 0. The van der Waals surface area contributed by atoms with E-state index in [1.54, 1.807) is 0 Å². The van der Waals surface area contributed by atoms with E-state index in [2.05, 4.69) is 24.9 Å². The predicted octanol–water partition coefficient (Wildman–Crippen LogP) is 3.46. The van der Waals surface area contributed by atoms with Gasteiger partial charge in [0.1, 0.15) is 0 Å². The third kappa shape index (κ3) is 9.41. The topological polar surface area (TPSA) is 12.4 Å². The van der Waals surface area contributed by atoms with Crippen LogP contribution < -0.4 is 0 Å². The van der Waals surface area contributed by atoms with Crippen LogP contribution in [0.1, 0.15) is 41.0 Å². The molecule has 0 aliphatic rings. The summed E-state index contributed by atoms with van der Waals surface area (Å²) in [5.41, 5.74) is 1.19. The van der Waals surface area contributed by atoms with Gasteiger partial charge in [0.15, 0.2) is 0 Å². The molecule has 0 aromatic heterocycles. The first-order valence-corrected chi connectivity index (χ1v) is 4.51. The third-order valence-electron chi connectivity index (χ3n) is 1.08. The second-order valence-corrected chi connectivity index (χ2v) is 1.82. The quantitative estimate of drug-likeness (QED) is 0.553. The number of nitrogens with zero attached hydrogens (tertiary/aromatic N) is 1. The zero-order valence-electron chi connectivity index (χ0n) is 8.52. The standard InChI is InChI=1S/C8H15N.C2H6/c1-4-7-8(5-2)9-6-3;1-2/h4,7H,5-6H2,1-3H3;1-2H3/b7-4-,9-8?;. The van der Waals surface area contributed by atoms with Gasteiger partial charge in [-0.2, -0.15) is 0 Å². The van der Waals surface area contributed by atoms with Gasteiger partial charge >= 0.3 is 0 Å². The fourth-order valence-corrected chi connectivity index (χ4v) is 0.678. The van der Waals surface area contributed by atoms with E-state index in [1.807, 2.05) is 26.8 Å². The first-order chi connectivity index (χ1) is 5.35. The molecule has 66 valence electrons. The van der Waals surface area contributed by atoms with Gasteiger partial charge in [-0.25, -0.2) is 0 Å². The Morgan fingerprint density at radius 3 is 2.09 bits per heavy atom. The molecule has 0 N–H and O–H groups in total. The van der Waals surface area contributed by atoms with Gasteiger partial charge in [-0.15, -0.1) is 0 Å². The molecule has 0 aromatic carbocycles. The molecular weight excluding hydrogens is 134 g/mol. The molecule has 0 aliphatic heterocycles. The first-order valence-electron chi connectivity index (χ1n) is 4.51. The van der Waals surface area contributed by atoms with Crippen molar-refractivity contribution >= 4 is 5.71 Å². The molecule has 0 bridgehead atoms. The van der Waals surface area contributed by atoms with Gasteiger partial charge in [0.25, 0.3) is 0 Å². The molecule has 0 saturated carbocycles. The highest BCUT2D eigenvalue weighted by molar-refractivity contribution is 5.94. The molecule has 0 aromatic rings. The van der Waals surface area contributed by atoms with Crippen molar-refractivity contribution < 1.29 is 0 Å². The largest absolute Gasteiger partial charge is 0.290 e. The van der Waals surface area contributed by atoms with Crippen molar-refractivity contribution in [2.45, 2.75) is 41.0 Å². The molecule has 0 heterocycles. The maximum Gasteiger partial charge on any atom is 0.0364 e. The van der Waals surface area contributed by atoms with Crippen LogP contribution in [-0.2, 0) is 0 Å². The molecular formula is C10H21N. The van der Waals surface area contributed by atoms with E-state index in [-0.39, 0.29) is 0 Å². The van der Waals surface area contributed by atoms with Crippen LogP contribution in [0.15, 0.2) is 17.1 Å². The van der Waals surface area contributed by atoms with Gasteiger partial charge in [0.05, 0.1) is 0 Å². The lowest BCUT2D eigenvalue weighted by Gasteiger charge is -1.91. The van der Waals surface area contributed by atoms with Gasteiger partial charge in [0, 0.05) is 12.3 Å². The van der Waals surface area contributed by atoms with E-state index in [1.165, 1.54) is 5.71 Å². The van der Waals surface area contributed by atoms with Gasteiger partial charge in [0.2, 0.25) is 0 Å². The first kappa shape index (κ1) is 13.0. The molecule has 11 heavy (non-hydrogen) atoms. The molecule has 0 unspecified atom stereocenters. The van der Waals surface area contributed by atoms with Crippen molar-refractivity contribution in [3.05, 3.63) is 12.2 Å². The minimum atomic E-state index is 0.896. The van der Waals surface area contributed by atoms with Crippen LogP contribution in [0.3, 0.4) is 0 Å². The maximum absolute atomic E-state index is 4.26. The summed E-state index contributed by atoms with van der Waals surface area (Å²) < 4.78 is 0. The summed E-state index contributed by atoms with van der Waals surface area (Å²) in [6.07, 6.45) is 5.12. The van der Waals surface area contributed by atoms with Crippen LogP contribution in [0, 0.1) is 0 Å². The second-order valence-electron chi connectivity index (χ2n) is 1.82. The Kier molecular flexibility index (Phi) is 14.4. The lowest BCUT2D eigenvalue weighted by atomic mass is 10.3. The molecule has 1 heteroatoms. The zero-order chi connectivity index (χ0) is 9.11. The third-order valence-corrected chi connectivity index (χ3v) is 1.08. The van der Waals surface area contributed by atoms with Crippen LogP contribution >= 0.6 is 0 Å². The van der Waals surface area contributed by atoms with Gasteiger partial charge in [-0.05, 0) is 26.3 Å². The van der Waals surface area contributed by atoms with E-state index in [0.717, 1.165) is 13.0 Å². The van der Waals surface area contributed by atoms with Crippen molar-refractivity contribution in [2.75, 3.05) is 6.54 Å². The molecule has 0 radical (unpaired) electrons. The molecule has 0 amide bonds.